The van der Waals surface area contributed by atoms with E-state index in [0.717, 1.165) is 22.8 Å². The third-order valence-electron chi connectivity index (χ3n) is 6.52. The third-order valence-corrected chi connectivity index (χ3v) is 6.52. The fourth-order valence-corrected chi connectivity index (χ4v) is 4.90. The summed E-state index contributed by atoms with van der Waals surface area (Å²) < 4.78 is 57.6. The topological polar surface area (TPSA) is 44.8 Å². The molecule has 2 unspecified atom stereocenters. The quantitative estimate of drug-likeness (QED) is 0.402. The van der Waals surface area contributed by atoms with Crippen LogP contribution >= 0.6 is 0 Å². The molecule has 3 aromatic rings. The average Bonchev–Trinajstić information content (AvgIpc) is 3.42. The van der Waals surface area contributed by atoms with Gasteiger partial charge in [0.05, 0.1) is 25.7 Å². The van der Waals surface area contributed by atoms with Crippen LogP contribution in [-0.4, -0.2) is 19.7 Å². The summed E-state index contributed by atoms with van der Waals surface area (Å²) >= 11 is 0. The molecule has 4 nitrogen and oxygen atoms in total. The second-order valence-electron chi connectivity index (χ2n) is 8.55. The second kappa shape index (κ2) is 8.70. The molecule has 0 saturated heterocycles. The number of esters is 1. The van der Waals surface area contributed by atoms with E-state index in [1.807, 2.05) is 24.3 Å². The molecular weight excluding hydrogens is 445 g/mol. The van der Waals surface area contributed by atoms with Crippen LogP contribution < -0.4 is 9.47 Å². The first-order chi connectivity index (χ1) is 16.3. The van der Waals surface area contributed by atoms with Crippen molar-refractivity contribution in [2.24, 2.45) is 0 Å². The number of fused-ring (bicyclic) bond motifs is 2. The van der Waals surface area contributed by atoms with E-state index in [1.165, 1.54) is 19.2 Å². The highest BCUT2D eigenvalue weighted by Gasteiger charge is 2.35. The molecular formula is C27H23F3O4. The van der Waals surface area contributed by atoms with Crippen molar-refractivity contribution in [3.05, 3.63) is 82.9 Å². The van der Waals surface area contributed by atoms with Gasteiger partial charge in [-0.3, -0.25) is 4.79 Å². The fraction of sp³-hybridized carbons (Fsp3) is 0.296. The number of rotatable bonds is 5. The number of carbonyl (C=O) groups excluding carboxylic acids is 1. The maximum absolute atomic E-state index is 13.6. The summed E-state index contributed by atoms with van der Waals surface area (Å²) in [6.45, 7) is 0.405. The van der Waals surface area contributed by atoms with E-state index in [-0.39, 0.29) is 30.0 Å². The molecule has 1 aliphatic heterocycles. The Kier molecular flexibility index (Phi) is 5.71. The zero-order chi connectivity index (χ0) is 23.9. The number of ether oxygens (including phenoxy) is 3. The van der Waals surface area contributed by atoms with Crippen LogP contribution in [0.15, 0.2) is 60.7 Å². The molecule has 1 aliphatic carbocycles. The zero-order valence-electron chi connectivity index (χ0n) is 18.5. The van der Waals surface area contributed by atoms with E-state index in [1.54, 1.807) is 18.2 Å². The van der Waals surface area contributed by atoms with Crippen molar-refractivity contribution in [3.8, 4) is 22.6 Å². The molecule has 5 rings (SSSR count). The van der Waals surface area contributed by atoms with Gasteiger partial charge in [0.1, 0.15) is 17.6 Å². The van der Waals surface area contributed by atoms with Gasteiger partial charge in [-0.05, 0) is 47.2 Å². The van der Waals surface area contributed by atoms with Crippen LogP contribution in [-0.2, 0) is 22.1 Å². The van der Waals surface area contributed by atoms with Crippen LogP contribution in [0, 0.1) is 0 Å². The van der Waals surface area contributed by atoms with E-state index >= 15 is 0 Å². The molecule has 2 atom stereocenters. The number of hydrogen-bond acceptors (Lipinski definition) is 4. The van der Waals surface area contributed by atoms with E-state index in [2.05, 4.69) is 0 Å². The fourth-order valence-electron chi connectivity index (χ4n) is 4.90. The molecule has 3 aromatic carbocycles. The van der Waals surface area contributed by atoms with Crippen LogP contribution in [0.2, 0.25) is 0 Å². The summed E-state index contributed by atoms with van der Waals surface area (Å²) in [6.07, 6.45) is -3.14. The first-order valence-electron chi connectivity index (χ1n) is 11.1. The Balaban J connectivity index is 1.40. The summed E-state index contributed by atoms with van der Waals surface area (Å²) in [7, 11) is 1.36. The first-order valence-corrected chi connectivity index (χ1v) is 11.1. The molecule has 7 heteroatoms. The molecule has 176 valence electrons. The second-order valence-corrected chi connectivity index (χ2v) is 8.55. The van der Waals surface area contributed by atoms with E-state index < -0.39 is 11.7 Å². The van der Waals surface area contributed by atoms with Crippen molar-refractivity contribution in [1.82, 2.24) is 0 Å². The molecule has 0 radical (unpaired) electrons. The molecule has 0 aromatic heterocycles. The van der Waals surface area contributed by atoms with Crippen LogP contribution in [0.1, 0.15) is 47.1 Å². The molecule has 0 bridgehead atoms. The van der Waals surface area contributed by atoms with Crippen LogP contribution in [0.5, 0.6) is 11.5 Å². The molecule has 0 saturated carbocycles. The van der Waals surface area contributed by atoms with E-state index in [4.69, 9.17) is 14.2 Å². The van der Waals surface area contributed by atoms with Crippen LogP contribution in [0.3, 0.4) is 0 Å². The molecule has 2 aliphatic rings. The predicted octanol–water partition coefficient (Wildman–Crippen LogP) is 6.48. The molecule has 34 heavy (non-hydrogen) atoms. The van der Waals surface area contributed by atoms with Crippen molar-refractivity contribution < 1.29 is 32.2 Å². The number of halogens is 3. The van der Waals surface area contributed by atoms with Gasteiger partial charge in [-0.25, -0.2) is 0 Å². The minimum Gasteiger partial charge on any atom is -0.492 e. The van der Waals surface area contributed by atoms with Crippen molar-refractivity contribution >= 4 is 5.97 Å². The Morgan fingerprint density at radius 3 is 2.62 bits per heavy atom. The van der Waals surface area contributed by atoms with Crippen molar-refractivity contribution in [2.75, 3.05) is 13.7 Å². The van der Waals surface area contributed by atoms with Gasteiger partial charge in [-0.2, -0.15) is 13.2 Å². The lowest BCUT2D eigenvalue weighted by Crippen LogP contribution is -2.09. The van der Waals surface area contributed by atoms with E-state index in [9.17, 15) is 18.0 Å². The van der Waals surface area contributed by atoms with Gasteiger partial charge in [0.15, 0.2) is 0 Å². The number of alkyl halides is 3. The summed E-state index contributed by atoms with van der Waals surface area (Å²) in [5.41, 5.74) is 2.88. The highest BCUT2D eigenvalue weighted by atomic mass is 19.4. The maximum Gasteiger partial charge on any atom is 0.417 e. The van der Waals surface area contributed by atoms with Gasteiger partial charge in [0, 0.05) is 17.5 Å². The lowest BCUT2D eigenvalue weighted by molar-refractivity contribution is -0.141. The molecule has 1 heterocycles. The van der Waals surface area contributed by atoms with Gasteiger partial charge < -0.3 is 14.2 Å². The normalized spacial score (nSPS) is 18.7. The number of benzene rings is 3. The van der Waals surface area contributed by atoms with Crippen molar-refractivity contribution in [3.63, 3.8) is 0 Å². The average molecular weight is 468 g/mol. The first kappa shape index (κ1) is 22.3. The SMILES string of the molecule is COC(=O)CC1COc2cc(OC3CCc4c(-c5ccccc5C(F)(F)F)cccc43)ccc21. The maximum atomic E-state index is 13.6. The lowest BCUT2D eigenvalue weighted by atomic mass is 9.93. The van der Waals surface area contributed by atoms with Crippen LogP contribution in [0.25, 0.3) is 11.1 Å². The van der Waals surface area contributed by atoms with E-state index in [0.29, 0.717) is 36.5 Å². The standard InChI is InChI=1S/C27H23F3O4/c1-32-26(31)13-16-15-33-25-14-17(9-10-18(16)25)34-24-12-11-20-19(6-4-7-22(20)24)21-5-2-3-8-23(21)27(28,29)30/h2-10,14,16,24H,11-13,15H2,1H3. The summed E-state index contributed by atoms with van der Waals surface area (Å²) in [4.78, 5) is 11.6. The molecule has 0 N–H and O–H groups in total. The zero-order valence-corrected chi connectivity index (χ0v) is 18.5. The van der Waals surface area contributed by atoms with Gasteiger partial charge in [0.2, 0.25) is 0 Å². The summed E-state index contributed by atoms with van der Waals surface area (Å²) in [5, 5.41) is 0. The molecule has 0 spiro atoms. The van der Waals surface area contributed by atoms with Gasteiger partial charge >= 0.3 is 12.1 Å². The van der Waals surface area contributed by atoms with Crippen molar-refractivity contribution in [1.29, 1.82) is 0 Å². The number of hydrogen-bond donors (Lipinski definition) is 0. The highest BCUT2D eigenvalue weighted by Crippen LogP contribution is 2.45. The minimum atomic E-state index is -4.43. The Bertz CT molecular complexity index is 1230. The number of methoxy groups -OCH3 is 1. The summed E-state index contributed by atoms with van der Waals surface area (Å²) in [5.74, 6) is 0.959. The van der Waals surface area contributed by atoms with Gasteiger partial charge in [-0.1, -0.05) is 42.5 Å². The van der Waals surface area contributed by atoms with Crippen molar-refractivity contribution in [2.45, 2.75) is 37.5 Å². The van der Waals surface area contributed by atoms with Gasteiger partial charge in [-0.15, -0.1) is 0 Å². The number of carbonyl (C=O) groups is 1. The third kappa shape index (κ3) is 4.11. The Morgan fingerprint density at radius 1 is 1.03 bits per heavy atom. The summed E-state index contributed by atoms with van der Waals surface area (Å²) in [6, 6.07) is 16.7. The Morgan fingerprint density at radius 2 is 1.82 bits per heavy atom. The lowest BCUT2D eigenvalue weighted by Gasteiger charge is -2.18. The largest absolute Gasteiger partial charge is 0.492 e. The van der Waals surface area contributed by atoms with Gasteiger partial charge in [0.25, 0.3) is 0 Å². The Labute approximate surface area is 195 Å². The predicted molar refractivity (Wildman–Crippen MR) is 120 cm³/mol. The highest BCUT2D eigenvalue weighted by molar-refractivity contribution is 5.73. The smallest absolute Gasteiger partial charge is 0.417 e. The monoisotopic (exact) mass is 468 g/mol. The van der Waals surface area contributed by atoms with Crippen LogP contribution in [0.4, 0.5) is 13.2 Å². The minimum absolute atomic E-state index is 0.0556. The molecule has 0 fully saturated rings. The molecule has 0 amide bonds. The Hall–Kier alpha value is -3.48.